The second kappa shape index (κ2) is 6.70. The number of anilines is 1. The lowest BCUT2D eigenvalue weighted by molar-refractivity contribution is 0.457. The summed E-state index contributed by atoms with van der Waals surface area (Å²) in [5.41, 5.74) is 10.5. The first-order valence-corrected chi connectivity index (χ1v) is 8.40. The van der Waals surface area contributed by atoms with Gasteiger partial charge in [0, 0.05) is 22.2 Å². The van der Waals surface area contributed by atoms with Crippen molar-refractivity contribution in [3.8, 4) is 11.9 Å². The van der Waals surface area contributed by atoms with Crippen molar-refractivity contribution in [2.24, 2.45) is 4.99 Å². The third-order valence-electron chi connectivity index (χ3n) is 4.30. The molecule has 130 valence electrons. The maximum atomic E-state index is 10.6. The molecule has 27 heavy (non-hydrogen) atoms. The van der Waals surface area contributed by atoms with E-state index in [1.54, 1.807) is 24.3 Å². The van der Waals surface area contributed by atoms with Gasteiger partial charge in [-0.2, -0.15) is 5.26 Å². The van der Waals surface area contributed by atoms with Crippen LogP contribution in [0.3, 0.4) is 0 Å². The van der Waals surface area contributed by atoms with Crippen LogP contribution < -0.4 is 5.73 Å². The number of H-pyrrole nitrogens is 1. The highest BCUT2D eigenvalue weighted by molar-refractivity contribution is 6.22. The maximum absolute atomic E-state index is 10.6. The second-order valence-electron chi connectivity index (χ2n) is 6.14. The Balaban J connectivity index is 2.00. The Morgan fingerprint density at radius 3 is 2.59 bits per heavy atom. The van der Waals surface area contributed by atoms with Crippen molar-refractivity contribution < 1.29 is 5.11 Å². The summed E-state index contributed by atoms with van der Waals surface area (Å²) in [6.07, 6.45) is 0. The molecule has 4 N–H and O–H groups in total. The summed E-state index contributed by atoms with van der Waals surface area (Å²) in [6.45, 7) is 0. The number of nitriles is 1. The molecule has 1 heterocycles. The molecule has 0 aliphatic rings. The molecule has 4 aromatic rings. The molecular weight excluding hydrogens is 336 g/mol. The van der Waals surface area contributed by atoms with Crippen LogP contribution in [0.25, 0.3) is 10.9 Å². The number of aromatic nitrogens is 1. The topological polar surface area (TPSA) is 98.2 Å². The van der Waals surface area contributed by atoms with Crippen LogP contribution in [0.15, 0.2) is 77.8 Å². The molecule has 4 rings (SSSR count). The fraction of sp³-hybridized carbons (Fsp3) is 0. The molecule has 0 amide bonds. The van der Waals surface area contributed by atoms with Gasteiger partial charge in [0.15, 0.2) is 5.88 Å². The summed E-state index contributed by atoms with van der Waals surface area (Å²) < 4.78 is 0. The van der Waals surface area contributed by atoms with E-state index < -0.39 is 0 Å². The lowest BCUT2D eigenvalue weighted by atomic mass is 10.0. The Bertz CT molecular complexity index is 1200. The SMILES string of the molecule is N#Cc1cccc(N=C(c2ccccc2)c2c(O)[nH]c3ccc(N)cc23)c1. The quantitative estimate of drug-likeness (QED) is 0.374. The van der Waals surface area contributed by atoms with Crippen LogP contribution in [0, 0.1) is 11.3 Å². The number of nitrogen functional groups attached to an aromatic ring is 1. The molecule has 0 atom stereocenters. The molecule has 0 saturated carbocycles. The van der Waals surface area contributed by atoms with E-state index in [-0.39, 0.29) is 5.88 Å². The van der Waals surface area contributed by atoms with Gasteiger partial charge in [-0.1, -0.05) is 36.4 Å². The van der Waals surface area contributed by atoms with E-state index in [1.807, 2.05) is 48.5 Å². The highest BCUT2D eigenvalue weighted by Crippen LogP contribution is 2.32. The zero-order chi connectivity index (χ0) is 18.8. The smallest absolute Gasteiger partial charge is 0.199 e. The summed E-state index contributed by atoms with van der Waals surface area (Å²) in [5, 5.41) is 20.5. The lowest BCUT2D eigenvalue weighted by Crippen LogP contribution is -2.03. The van der Waals surface area contributed by atoms with Gasteiger partial charge < -0.3 is 15.8 Å². The molecule has 0 saturated heterocycles. The predicted molar refractivity (Wildman–Crippen MR) is 107 cm³/mol. The number of nitrogens with two attached hydrogens (primary N) is 1. The maximum Gasteiger partial charge on any atom is 0.199 e. The average molecular weight is 352 g/mol. The molecule has 3 aromatic carbocycles. The van der Waals surface area contributed by atoms with Gasteiger partial charge in [0.05, 0.1) is 28.6 Å². The summed E-state index contributed by atoms with van der Waals surface area (Å²) >= 11 is 0. The first kappa shape index (κ1) is 16.4. The van der Waals surface area contributed by atoms with E-state index >= 15 is 0 Å². The molecule has 0 bridgehead atoms. The molecule has 0 aliphatic heterocycles. The van der Waals surface area contributed by atoms with E-state index in [4.69, 9.17) is 16.0 Å². The van der Waals surface area contributed by atoms with Crippen molar-refractivity contribution in [2.45, 2.75) is 0 Å². The number of aromatic hydroxyl groups is 1. The van der Waals surface area contributed by atoms with Crippen molar-refractivity contribution in [3.63, 3.8) is 0 Å². The summed E-state index contributed by atoms with van der Waals surface area (Å²) in [4.78, 5) is 7.74. The van der Waals surface area contributed by atoms with E-state index in [2.05, 4.69) is 11.1 Å². The Labute approximate surface area is 156 Å². The molecule has 0 aliphatic carbocycles. The van der Waals surface area contributed by atoms with E-state index in [9.17, 15) is 5.11 Å². The number of benzene rings is 3. The number of nitrogens with zero attached hydrogens (tertiary/aromatic N) is 2. The molecule has 1 aromatic heterocycles. The molecule has 0 fully saturated rings. The highest BCUT2D eigenvalue weighted by Gasteiger charge is 2.18. The fourth-order valence-corrected chi connectivity index (χ4v) is 3.07. The van der Waals surface area contributed by atoms with Crippen molar-refractivity contribution in [1.29, 1.82) is 5.26 Å². The number of rotatable bonds is 3. The van der Waals surface area contributed by atoms with Crippen LogP contribution in [0.2, 0.25) is 0 Å². The standard InChI is InChI=1S/C22H16N4O/c23-13-14-5-4-8-17(11-14)25-21(15-6-2-1-3-7-15)20-18-12-16(24)9-10-19(18)26-22(20)27/h1-12,26-27H,24H2. The molecule has 0 unspecified atom stereocenters. The van der Waals surface area contributed by atoms with Gasteiger partial charge in [-0.3, -0.25) is 0 Å². The number of fused-ring (bicyclic) bond motifs is 1. The minimum absolute atomic E-state index is 0.0228. The van der Waals surface area contributed by atoms with Gasteiger partial charge in [0.25, 0.3) is 0 Å². The Morgan fingerprint density at radius 2 is 1.81 bits per heavy atom. The number of hydrogen-bond acceptors (Lipinski definition) is 4. The third-order valence-corrected chi connectivity index (χ3v) is 4.30. The van der Waals surface area contributed by atoms with Crippen LogP contribution in [-0.4, -0.2) is 15.8 Å². The third kappa shape index (κ3) is 3.12. The second-order valence-corrected chi connectivity index (χ2v) is 6.14. The van der Waals surface area contributed by atoms with Crippen molar-refractivity contribution >= 4 is 28.0 Å². The van der Waals surface area contributed by atoms with Gasteiger partial charge >= 0.3 is 0 Å². The van der Waals surface area contributed by atoms with E-state index in [0.717, 1.165) is 16.5 Å². The van der Waals surface area contributed by atoms with E-state index in [0.29, 0.717) is 28.2 Å². The minimum Gasteiger partial charge on any atom is -0.494 e. The van der Waals surface area contributed by atoms with Crippen molar-refractivity contribution in [1.82, 2.24) is 4.98 Å². The predicted octanol–water partition coefficient (Wildman–Crippen LogP) is 4.50. The van der Waals surface area contributed by atoms with Crippen LogP contribution in [0.5, 0.6) is 5.88 Å². The van der Waals surface area contributed by atoms with Gasteiger partial charge in [-0.25, -0.2) is 4.99 Å². The van der Waals surface area contributed by atoms with Crippen LogP contribution in [0.1, 0.15) is 16.7 Å². The largest absolute Gasteiger partial charge is 0.494 e. The number of aromatic amines is 1. The monoisotopic (exact) mass is 352 g/mol. The molecule has 5 heteroatoms. The minimum atomic E-state index is 0.0228. The normalized spacial score (nSPS) is 11.4. The number of hydrogen-bond donors (Lipinski definition) is 3. The van der Waals surface area contributed by atoms with Crippen LogP contribution in [0.4, 0.5) is 11.4 Å². The Kier molecular flexibility index (Phi) is 4.07. The van der Waals surface area contributed by atoms with Gasteiger partial charge in [-0.15, -0.1) is 0 Å². The Hall–Kier alpha value is -4.04. The number of nitrogens with one attached hydrogen (secondary N) is 1. The van der Waals surface area contributed by atoms with Crippen molar-refractivity contribution in [3.05, 3.63) is 89.5 Å². The highest BCUT2D eigenvalue weighted by atomic mass is 16.3. The first-order valence-electron chi connectivity index (χ1n) is 8.40. The van der Waals surface area contributed by atoms with Crippen molar-refractivity contribution in [2.75, 3.05) is 5.73 Å². The zero-order valence-electron chi connectivity index (χ0n) is 14.3. The molecule has 0 radical (unpaired) electrons. The van der Waals surface area contributed by atoms with Gasteiger partial charge in [0.1, 0.15) is 0 Å². The summed E-state index contributed by atoms with van der Waals surface area (Å²) in [5.74, 6) is 0.0228. The van der Waals surface area contributed by atoms with Gasteiger partial charge in [-0.05, 0) is 36.4 Å². The van der Waals surface area contributed by atoms with Gasteiger partial charge in [0.2, 0.25) is 0 Å². The average Bonchev–Trinajstić information content (AvgIpc) is 3.02. The fourth-order valence-electron chi connectivity index (χ4n) is 3.07. The molecule has 5 nitrogen and oxygen atoms in total. The lowest BCUT2D eigenvalue weighted by Gasteiger charge is -2.08. The molecule has 0 spiro atoms. The van der Waals surface area contributed by atoms with Crippen LogP contribution in [-0.2, 0) is 0 Å². The zero-order valence-corrected chi connectivity index (χ0v) is 14.3. The summed E-state index contributed by atoms with van der Waals surface area (Å²) in [6, 6.07) is 24.2. The molecular formula is C22H16N4O. The summed E-state index contributed by atoms with van der Waals surface area (Å²) in [7, 11) is 0. The van der Waals surface area contributed by atoms with E-state index in [1.165, 1.54) is 0 Å². The first-order chi connectivity index (χ1) is 13.2. The Morgan fingerprint density at radius 1 is 1.00 bits per heavy atom. The van der Waals surface area contributed by atoms with Crippen LogP contribution >= 0.6 is 0 Å². The number of aliphatic imine (C=N–C) groups is 1.